The minimum Gasteiger partial charge on any atom is -0.368 e. The van der Waals surface area contributed by atoms with Gasteiger partial charge < -0.3 is 14.5 Å². The minimum absolute atomic E-state index is 0.176. The molecule has 0 aromatic carbocycles. The topological polar surface area (TPSA) is 58.6 Å². The number of amides is 1. The van der Waals surface area contributed by atoms with Crippen molar-refractivity contribution in [3.63, 3.8) is 0 Å². The van der Waals surface area contributed by atoms with Gasteiger partial charge in [-0.1, -0.05) is 11.6 Å². The average molecular weight is 330 g/mol. The van der Waals surface area contributed by atoms with Crippen molar-refractivity contribution in [2.24, 2.45) is 0 Å². The Morgan fingerprint density at radius 3 is 3.04 bits per heavy atom. The highest BCUT2D eigenvalue weighted by atomic mass is 16.5. The fourth-order valence-corrected chi connectivity index (χ4v) is 3.18. The van der Waals surface area contributed by atoms with Gasteiger partial charge in [0.25, 0.3) is 0 Å². The highest BCUT2D eigenvalue weighted by molar-refractivity contribution is 5.78. The van der Waals surface area contributed by atoms with Crippen LogP contribution >= 0.6 is 0 Å². The molecule has 0 N–H and O–H groups in total. The van der Waals surface area contributed by atoms with Crippen molar-refractivity contribution in [2.75, 3.05) is 38.7 Å². The maximum Gasteiger partial charge on any atom is 0.226 e. The Bertz CT molecular complexity index is 615. The van der Waals surface area contributed by atoms with Crippen LogP contribution in [0.3, 0.4) is 0 Å². The van der Waals surface area contributed by atoms with Crippen molar-refractivity contribution >= 4 is 11.9 Å². The largest absolute Gasteiger partial charge is 0.368 e. The van der Waals surface area contributed by atoms with Crippen LogP contribution in [0.4, 0.5) is 5.95 Å². The predicted octanol–water partition coefficient (Wildman–Crippen LogP) is 2.33. The van der Waals surface area contributed by atoms with Crippen molar-refractivity contribution in [3.8, 4) is 0 Å². The summed E-state index contributed by atoms with van der Waals surface area (Å²) in [6.45, 7) is 1.78. The molecule has 1 aliphatic heterocycles. The molecule has 0 radical (unpaired) electrons. The lowest BCUT2D eigenvalue weighted by Crippen LogP contribution is -2.42. The maximum atomic E-state index is 12.6. The molecule has 1 aromatic heterocycles. The van der Waals surface area contributed by atoms with Crippen molar-refractivity contribution in [1.82, 2.24) is 14.9 Å². The molecule has 24 heavy (non-hydrogen) atoms. The SMILES string of the molecule is CN(C)c1nccc([C@@H]2CN(C(=O)CC3=CCCCC3)CCO2)n1. The van der Waals surface area contributed by atoms with Gasteiger partial charge in [0.05, 0.1) is 18.8 Å². The molecule has 0 bridgehead atoms. The molecule has 2 heterocycles. The number of carbonyl (C=O) groups is 1. The van der Waals surface area contributed by atoms with Crippen LogP contribution in [-0.4, -0.2) is 54.6 Å². The minimum atomic E-state index is -0.176. The lowest BCUT2D eigenvalue weighted by atomic mass is 9.96. The highest BCUT2D eigenvalue weighted by Gasteiger charge is 2.27. The van der Waals surface area contributed by atoms with Crippen molar-refractivity contribution < 1.29 is 9.53 Å². The molecule has 2 aliphatic rings. The van der Waals surface area contributed by atoms with E-state index in [1.54, 1.807) is 6.20 Å². The third-order valence-corrected chi connectivity index (χ3v) is 4.58. The molecule has 0 saturated carbocycles. The van der Waals surface area contributed by atoms with Gasteiger partial charge in [-0.2, -0.15) is 0 Å². The summed E-state index contributed by atoms with van der Waals surface area (Å²) in [5.41, 5.74) is 2.13. The summed E-state index contributed by atoms with van der Waals surface area (Å²) in [5.74, 6) is 0.866. The van der Waals surface area contributed by atoms with Gasteiger partial charge in [-0.3, -0.25) is 4.79 Å². The first-order valence-corrected chi connectivity index (χ1v) is 8.71. The first-order valence-electron chi connectivity index (χ1n) is 8.71. The van der Waals surface area contributed by atoms with Crippen molar-refractivity contribution in [2.45, 2.75) is 38.2 Å². The molecule has 3 rings (SSSR count). The van der Waals surface area contributed by atoms with E-state index >= 15 is 0 Å². The molecule has 130 valence electrons. The van der Waals surface area contributed by atoms with Gasteiger partial charge in [0.15, 0.2) is 0 Å². The molecule has 1 fully saturated rings. The van der Waals surface area contributed by atoms with E-state index in [0.717, 1.165) is 18.5 Å². The van der Waals surface area contributed by atoms with Crippen molar-refractivity contribution in [1.29, 1.82) is 0 Å². The van der Waals surface area contributed by atoms with Crippen LogP contribution < -0.4 is 4.90 Å². The van der Waals surface area contributed by atoms with E-state index in [1.165, 1.54) is 18.4 Å². The normalized spacial score (nSPS) is 21.3. The Morgan fingerprint density at radius 1 is 1.42 bits per heavy atom. The number of nitrogens with zero attached hydrogens (tertiary/aromatic N) is 4. The second-order valence-corrected chi connectivity index (χ2v) is 6.66. The molecule has 1 saturated heterocycles. The van der Waals surface area contributed by atoms with Gasteiger partial charge in [0.1, 0.15) is 6.10 Å². The van der Waals surface area contributed by atoms with Gasteiger partial charge >= 0.3 is 0 Å². The smallest absolute Gasteiger partial charge is 0.226 e. The zero-order valence-corrected chi connectivity index (χ0v) is 14.6. The summed E-state index contributed by atoms with van der Waals surface area (Å²) in [5, 5.41) is 0. The van der Waals surface area contributed by atoms with E-state index in [-0.39, 0.29) is 12.0 Å². The zero-order chi connectivity index (χ0) is 16.9. The molecule has 1 aliphatic carbocycles. The Morgan fingerprint density at radius 2 is 2.29 bits per heavy atom. The third kappa shape index (κ3) is 4.12. The van der Waals surface area contributed by atoms with Gasteiger partial charge in [0.2, 0.25) is 11.9 Å². The molecular weight excluding hydrogens is 304 g/mol. The van der Waals surface area contributed by atoms with Crippen LogP contribution in [-0.2, 0) is 9.53 Å². The quantitative estimate of drug-likeness (QED) is 0.793. The number of morpholine rings is 1. The second kappa shape index (κ2) is 7.75. The van der Waals surface area contributed by atoms with Crippen LogP contribution in [0.5, 0.6) is 0 Å². The summed E-state index contributed by atoms with van der Waals surface area (Å²) in [4.78, 5) is 25.2. The summed E-state index contributed by atoms with van der Waals surface area (Å²) in [6, 6.07) is 1.87. The van der Waals surface area contributed by atoms with E-state index in [2.05, 4.69) is 16.0 Å². The van der Waals surface area contributed by atoms with Gasteiger partial charge in [-0.25, -0.2) is 9.97 Å². The van der Waals surface area contributed by atoms with E-state index in [0.29, 0.717) is 32.1 Å². The number of hydrogen-bond donors (Lipinski definition) is 0. The molecule has 1 aromatic rings. The summed E-state index contributed by atoms with van der Waals surface area (Å²) < 4.78 is 5.85. The third-order valence-electron chi connectivity index (χ3n) is 4.58. The molecule has 0 spiro atoms. The van der Waals surface area contributed by atoms with Crippen LogP contribution in [0.2, 0.25) is 0 Å². The standard InChI is InChI=1S/C18H26N4O2/c1-21(2)18-19-9-8-15(20-18)16-13-22(10-11-24-16)17(23)12-14-6-4-3-5-7-14/h6,8-9,16H,3-5,7,10-13H2,1-2H3/t16-/m0/s1. The fraction of sp³-hybridized carbons (Fsp3) is 0.611. The highest BCUT2D eigenvalue weighted by Crippen LogP contribution is 2.25. The van der Waals surface area contributed by atoms with E-state index in [1.807, 2.05) is 30.0 Å². The van der Waals surface area contributed by atoms with E-state index < -0.39 is 0 Å². The maximum absolute atomic E-state index is 12.6. The number of ether oxygens (including phenoxy) is 1. The van der Waals surface area contributed by atoms with Gasteiger partial charge in [0, 0.05) is 33.3 Å². The Labute approximate surface area is 143 Å². The number of rotatable bonds is 4. The Kier molecular flexibility index (Phi) is 5.45. The Hall–Kier alpha value is -1.95. The molecule has 1 atom stereocenters. The molecular formula is C18H26N4O2. The zero-order valence-electron chi connectivity index (χ0n) is 14.6. The Balaban J connectivity index is 1.64. The molecule has 0 unspecified atom stereocenters. The lowest BCUT2D eigenvalue weighted by Gasteiger charge is -2.33. The first-order chi connectivity index (χ1) is 11.6. The van der Waals surface area contributed by atoms with Gasteiger partial charge in [-0.15, -0.1) is 0 Å². The predicted molar refractivity (Wildman–Crippen MR) is 92.8 cm³/mol. The summed E-state index contributed by atoms with van der Waals surface area (Å²) in [6.07, 6.45) is 9.00. The van der Waals surface area contributed by atoms with Gasteiger partial charge in [-0.05, 0) is 31.7 Å². The van der Waals surface area contributed by atoms with E-state index in [4.69, 9.17) is 4.74 Å². The number of allylic oxidation sites excluding steroid dienone is 1. The monoisotopic (exact) mass is 330 g/mol. The molecule has 6 heteroatoms. The summed E-state index contributed by atoms with van der Waals surface area (Å²) in [7, 11) is 3.82. The van der Waals surface area contributed by atoms with Crippen molar-refractivity contribution in [3.05, 3.63) is 29.6 Å². The van der Waals surface area contributed by atoms with E-state index in [9.17, 15) is 4.79 Å². The number of hydrogen-bond acceptors (Lipinski definition) is 5. The number of anilines is 1. The molecule has 1 amide bonds. The van der Waals surface area contributed by atoms with Crippen LogP contribution in [0.15, 0.2) is 23.9 Å². The molecule has 6 nitrogen and oxygen atoms in total. The first kappa shape index (κ1) is 16.9. The number of carbonyl (C=O) groups excluding carboxylic acids is 1. The second-order valence-electron chi connectivity index (χ2n) is 6.66. The number of aromatic nitrogens is 2. The summed E-state index contributed by atoms with van der Waals surface area (Å²) >= 11 is 0. The lowest BCUT2D eigenvalue weighted by molar-refractivity contribution is -0.138. The van der Waals surface area contributed by atoms with Crippen LogP contribution in [0.25, 0.3) is 0 Å². The van der Waals surface area contributed by atoms with Crippen LogP contribution in [0.1, 0.15) is 43.9 Å². The van der Waals surface area contributed by atoms with Crippen LogP contribution in [0, 0.1) is 0 Å². The fourth-order valence-electron chi connectivity index (χ4n) is 3.18. The average Bonchev–Trinajstić information content (AvgIpc) is 2.63.